The van der Waals surface area contributed by atoms with Crippen molar-refractivity contribution in [3.8, 4) is 22.8 Å². The molecule has 0 amide bonds. The Morgan fingerprint density at radius 1 is 0.923 bits per heavy atom. The van der Waals surface area contributed by atoms with E-state index in [1.807, 2.05) is 24.4 Å². The van der Waals surface area contributed by atoms with Crippen LogP contribution in [0.1, 0.15) is 54.5 Å². The molecule has 2 aromatic carbocycles. The van der Waals surface area contributed by atoms with E-state index in [1.54, 1.807) is 0 Å². The van der Waals surface area contributed by atoms with Crippen LogP contribution in [0.4, 0.5) is 10.8 Å². The quantitative estimate of drug-likeness (QED) is 0.382. The zero-order valence-electron chi connectivity index (χ0n) is 22.0. The number of hydrogen-bond acceptors (Lipinski definition) is 7. The SMILES string of the molecule is Oc1ccc(-c2ccc3c(c2)C(=Cc2sc(N4CCOCC4)nc2O)C=N3)cc1C12CC3CC(CC(C3)C1)C2. The summed E-state index contributed by atoms with van der Waals surface area (Å²) in [7, 11) is 0. The van der Waals surface area contributed by atoms with E-state index in [4.69, 9.17) is 4.74 Å². The van der Waals surface area contributed by atoms with Crippen LogP contribution in [0.3, 0.4) is 0 Å². The highest BCUT2D eigenvalue weighted by molar-refractivity contribution is 7.16. The van der Waals surface area contributed by atoms with Crippen molar-refractivity contribution in [1.29, 1.82) is 0 Å². The molecule has 2 N–H and O–H groups in total. The van der Waals surface area contributed by atoms with E-state index >= 15 is 0 Å². The number of ether oxygens (including phenoxy) is 1. The van der Waals surface area contributed by atoms with Crippen molar-refractivity contribution in [1.82, 2.24) is 4.98 Å². The van der Waals surface area contributed by atoms with Crippen molar-refractivity contribution in [3.05, 3.63) is 52.4 Å². The predicted octanol–water partition coefficient (Wildman–Crippen LogP) is 6.78. The zero-order valence-corrected chi connectivity index (χ0v) is 22.8. The summed E-state index contributed by atoms with van der Waals surface area (Å²) in [5.74, 6) is 3.01. The number of allylic oxidation sites excluding steroid dienone is 1. The maximum absolute atomic E-state index is 11.1. The molecule has 4 aliphatic carbocycles. The van der Waals surface area contributed by atoms with Crippen LogP contribution in [-0.4, -0.2) is 47.7 Å². The van der Waals surface area contributed by atoms with Gasteiger partial charge < -0.3 is 19.8 Å². The number of aromatic hydroxyl groups is 2. The molecule has 39 heavy (non-hydrogen) atoms. The van der Waals surface area contributed by atoms with Gasteiger partial charge >= 0.3 is 0 Å². The highest BCUT2D eigenvalue weighted by Crippen LogP contribution is 2.62. The number of rotatable bonds is 4. The van der Waals surface area contributed by atoms with E-state index in [9.17, 15) is 10.2 Å². The van der Waals surface area contributed by atoms with Crippen molar-refractivity contribution in [2.45, 2.75) is 43.9 Å². The molecule has 4 bridgehead atoms. The Bertz CT molecular complexity index is 1480. The van der Waals surface area contributed by atoms with Crippen molar-refractivity contribution in [3.63, 3.8) is 0 Å². The van der Waals surface area contributed by atoms with E-state index < -0.39 is 0 Å². The predicted molar refractivity (Wildman–Crippen MR) is 156 cm³/mol. The molecule has 3 aromatic rings. The van der Waals surface area contributed by atoms with Crippen molar-refractivity contribution in [2.75, 3.05) is 31.2 Å². The highest BCUT2D eigenvalue weighted by Gasteiger charge is 2.52. The van der Waals surface area contributed by atoms with Gasteiger partial charge in [-0.3, -0.25) is 4.99 Å². The number of aromatic nitrogens is 1. The smallest absolute Gasteiger partial charge is 0.231 e. The third-order valence-electron chi connectivity index (χ3n) is 9.78. The van der Waals surface area contributed by atoms with Gasteiger partial charge in [0.1, 0.15) is 5.75 Å². The molecule has 5 fully saturated rings. The van der Waals surface area contributed by atoms with E-state index in [0.29, 0.717) is 19.0 Å². The molecule has 6 nitrogen and oxygen atoms in total. The number of nitrogens with zero attached hydrogens (tertiary/aromatic N) is 3. The summed E-state index contributed by atoms with van der Waals surface area (Å²) in [5, 5.41) is 22.5. The molecule has 0 radical (unpaired) electrons. The molecule has 9 rings (SSSR count). The van der Waals surface area contributed by atoms with Crippen LogP contribution in [-0.2, 0) is 10.2 Å². The van der Waals surface area contributed by atoms with Crippen molar-refractivity contribution < 1.29 is 14.9 Å². The second-order valence-electron chi connectivity index (χ2n) is 12.3. The first-order valence-corrected chi connectivity index (χ1v) is 15.1. The van der Waals surface area contributed by atoms with Gasteiger partial charge in [-0.2, -0.15) is 4.98 Å². The van der Waals surface area contributed by atoms with Gasteiger partial charge in [0.05, 0.1) is 23.8 Å². The van der Waals surface area contributed by atoms with Crippen LogP contribution in [0.5, 0.6) is 11.6 Å². The summed E-state index contributed by atoms with van der Waals surface area (Å²) in [4.78, 5) is 12.0. The van der Waals surface area contributed by atoms with Crippen LogP contribution < -0.4 is 4.90 Å². The first kappa shape index (κ1) is 23.7. The molecule has 3 heterocycles. The topological polar surface area (TPSA) is 78.2 Å². The number of phenolic OH excluding ortho intramolecular Hbond substituents is 1. The maximum Gasteiger partial charge on any atom is 0.231 e. The standard InChI is InChI=1S/C32H33N3O3S/c36-28-4-2-23(13-26(28)32-15-19-9-20(16-32)11-21(10-19)17-32)22-1-3-27-25(12-22)24(18-33-27)14-29-30(37)34-31(39-29)35-5-7-38-8-6-35/h1-4,12-14,18-21,36-37H,5-11,15-17H2. The molecule has 6 aliphatic rings. The monoisotopic (exact) mass is 539 g/mol. The first-order chi connectivity index (χ1) is 19.0. The lowest BCUT2D eigenvalue weighted by atomic mass is 9.48. The fraction of sp³-hybridized carbons (Fsp3) is 0.438. The van der Waals surface area contributed by atoms with Crippen molar-refractivity contribution >= 4 is 40.0 Å². The maximum atomic E-state index is 11.1. The molecule has 0 unspecified atom stereocenters. The number of morpholine rings is 1. The van der Waals surface area contributed by atoms with E-state index in [0.717, 1.165) is 74.4 Å². The van der Waals surface area contributed by atoms with Crippen LogP contribution in [0.2, 0.25) is 0 Å². The zero-order chi connectivity index (χ0) is 26.1. The normalized spacial score (nSPS) is 29.9. The van der Waals surface area contributed by atoms with Gasteiger partial charge in [-0.25, -0.2) is 0 Å². The summed E-state index contributed by atoms with van der Waals surface area (Å²) < 4.78 is 5.46. The summed E-state index contributed by atoms with van der Waals surface area (Å²) in [6.45, 7) is 2.94. The molecule has 4 saturated carbocycles. The van der Waals surface area contributed by atoms with Gasteiger partial charge in [0.25, 0.3) is 0 Å². The Labute approximate surface area is 232 Å². The summed E-state index contributed by atoms with van der Waals surface area (Å²) in [5.41, 5.74) is 6.53. The summed E-state index contributed by atoms with van der Waals surface area (Å²) in [6.07, 6.45) is 11.7. The summed E-state index contributed by atoms with van der Waals surface area (Å²) >= 11 is 1.50. The van der Waals surface area contributed by atoms with Crippen LogP contribution >= 0.6 is 11.3 Å². The highest BCUT2D eigenvalue weighted by atomic mass is 32.1. The van der Waals surface area contributed by atoms with Gasteiger partial charge in [0.15, 0.2) is 5.13 Å². The molecule has 200 valence electrons. The Morgan fingerprint density at radius 3 is 2.36 bits per heavy atom. The lowest BCUT2D eigenvalue weighted by Crippen LogP contribution is -2.48. The van der Waals surface area contributed by atoms with E-state index in [2.05, 4.69) is 39.1 Å². The number of anilines is 1. The molecular weight excluding hydrogens is 506 g/mol. The number of thiazole rings is 1. The molecular formula is C32H33N3O3S. The second kappa shape index (κ2) is 8.93. The average Bonchev–Trinajstić information content (AvgIpc) is 3.51. The minimum atomic E-state index is 0.0609. The first-order valence-electron chi connectivity index (χ1n) is 14.3. The Balaban J connectivity index is 1.12. The lowest BCUT2D eigenvalue weighted by molar-refractivity contribution is -0.00611. The number of aliphatic imine (C=N–C) groups is 1. The molecule has 2 aliphatic heterocycles. The number of hydrogen-bond donors (Lipinski definition) is 2. The van der Waals surface area contributed by atoms with Gasteiger partial charge in [0, 0.05) is 36.0 Å². The van der Waals surface area contributed by atoms with E-state index in [1.165, 1.54) is 49.9 Å². The summed E-state index contributed by atoms with van der Waals surface area (Å²) in [6, 6.07) is 12.6. The minimum absolute atomic E-state index is 0.0609. The minimum Gasteiger partial charge on any atom is -0.508 e. The third-order valence-corrected chi connectivity index (χ3v) is 10.8. The number of phenols is 1. The van der Waals surface area contributed by atoms with E-state index in [-0.39, 0.29) is 11.3 Å². The van der Waals surface area contributed by atoms with Crippen LogP contribution in [0.15, 0.2) is 41.4 Å². The van der Waals surface area contributed by atoms with Crippen LogP contribution in [0.25, 0.3) is 22.8 Å². The largest absolute Gasteiger partial charge is 0.508 e. The third kappa shape index (κ3) is 4.01. The Hall–Kier alpha value is -3.16. The fourth-order valence-electron chi connectivity index (χ4n) is 8.40. The number of fused-ring (bicyclic) bond motifs is 1. The second-order valence-corrected chi connectivity index (χ2v) is 13.3. The average molecular weight is 540 g/mol. The Kier molecular flexibility index (Phi) is 5.43. The van der Waals surface area contributed by atoms with Gasteiger partial charge in [-0.15, -0.1) is 0 Å². The molecule has 1 saturated heterocycles. The van der Waals surface area contributed by atoms with Crippen molar-refractivity contribution in [2.24, 2.45) is 22.7 Å². The van der Waals surface area contributed by atoms with Gasteiger partial charge in [-0.1, -0.05) is 23.5 Å². The molecule has 7 heteroatoms. The fourth-order valence-corrected chi connectivity index (χ4v) is 9.36. The lowest BCUT2D eigenvalue weighted by Gasteiger charge is -2.57. The Morgan fingerprint density at radius 2 is 1.62 bits per heavy atom. The molecule has 1 aromatic heterocycles. The van der Waals surface area contributed by atoms with Gasteiger partial charge in [-0.05, 0) is 103 Å². The van der Waals surface area contributed by atoms with Gasteiger partial charge in [0.2, 0.25) is 5.88 Å². The molecule has 0 atom stereocenters. The molecule has 0 spiro atoms. The van der Waals surface area contributed by atoms with Crippen LogP contribution in [0, 0.1) is 17.8 Å². The number of benzene rings is 2.